The minimum Gasteiger partial charge on any atom is -0.355 e. The lowest BCUT2D eigenvalue weighted by Crippen LogP contribution is -2.08. The van der Waals surface area contributed by atoms with E-state index in [4.69, 9.17) is 0 Å². The Bertz CT molecular complexity index is 561. The predicted molar refractivity (Wildman–Crippen MR) is 76.4 cm³/mol. The van der Waals surface area contributed by atoms with Gasteiger partial charge in [0, 0.05) is 18.3 Å². The van der Waals surface area contributed by atoms with Crippen molar-refractivity contribution in [3.8, 4) is 5.69 Å². The molecule has 0 aliphatic heterocycles. The van der Waals surface area contributed by atoms with Crippen molar-refractivity contribution < 1.29 is 4.39 Å². The summed E-state index contributed by atoms with van der Waals surface area (Å²) in [5.41, 5.74) is 2.39. The van der Waals surface area contributed by atoms with Gasteiger partial charge in [0.15, 0.2) is 0 Å². The molecule has 4 heteroatoms. The highest BCUT2D eigenvalue weighted by Crippen LogP contribution is 2.21. The standard InChI is InChI=1S/C15H20FN3/c1-4-5-9-17-15-18-11(2)10-19(15)14-8-6-7-13(16)12(14)3/h6-8,10H,4-5,9H2,1-3H3,(H,17,18). The summed E-state index contributed by atoms with van der Waals surface area (Å²) in [7, 11) is 0. The van der Waals surface area contributed by atoms with Gasteiger partial charge in [-0.3, -0.25) is 4.57 Å². The molecule has 19 heavy (non-hydrogen) atoms. The lowest BCUT2D eigenvalue weighted by Gasteiger charge is -2.12. The molecule has 2 aromatic rings. The van der Waals surface area contributed by atoms with Gasteiger partial charge in [-0.1, -0.05) is 19.4 Å². The van der Waals surface area contributed by atoms with E-state index in [1.165, 1.54) is 6.07 Å². The van der Waals surface area contributed by atoms with Gasteiger partial charge in [-0.2, -0.15) is 0 Å². The summed E-state index contributed by atoms with van der Waals surface area (Å²) in [4.78, 5) is 4.46. The van der Waals surface area contributed by atoms with E-state index in [9.17, 15) is 4.39 Å². The van der Waals surface area contributed by atoms with Gasteiger partial charge in [0.05, 0.1) is 11.4 Å². The first-order valence-electron chi connectivity index (χ1n) is 6.68. The second-order valence-corrected chi connectivity index (χ2v) is 4.74. The summed E-state index contributed by atoms with van der Waals surface area (Å²) < 4.78 is 15.6. The average molecular weight is 261 g/mol. The lowest BCUT2D eigenvalue weighted by atomic mass is 10.2. The number of imidazole rings is 1. The Morgan fingerprint density at radius 2 is 2.11 bits per heavy atom. The van der Waals surface area contributed by atoms with Crippen LogP contribution in [0.3, 0.4) is 0 Å². The number of nitrogens with zero attached hydrogens (tertiary/aromatic N) is 2. The van der Waals surface area contributed by atoms with Gasteiger partial charge in [-0.05, 0) is 32.4 Å². The fraction of sp³-hybridized carbons (Fsp3) is 0.400. The van der Waals surface area contributed by atoms with E-state index in [0.717, 1.165) is 36.7 Å². The molecule has 0 saturated heterocycles. The molecular formula is C15H20FN3. The van der Waals surface area contributed by atoms with Gasteiger partial charge in [-0.25, -0.2) is 9.37 Å². The molecule has 1 N–H and O–H groups in total. The molecule has 0 aliphatic rings. The monoisotopic (exact) mass is 261 g/mol. The molecule has 0 bridgehead atoms. The number of halogens is 1. The van der Waals surface area contributed by atoms with Crippen LogP contribution in [0.4, 0.5) is 10.3 Å². The van der Waals surface area contributed by atoms with Crippen LogP contribution in [0.25, 0.3) is 5.69 Å². The summed E-state index contributed by atoms with van der Waals surface area (Å²) in [6, 6.07) is 5.11. The lowest BCUT2D eigenvalue weighted by molar-refractivity contribution is 0.617. The number of rotatable bonds is 5. The van der Waals surface area contributed by atoms with Crippen molar-refractivity contribution in [2.24, 2.45) is 0 Å². The van der Waals surface area contributed by atoms with Crippen LogP contribution in [-0.4, -0.2) is 16.1 Å². The third-order valence-electron chi connectivity index (χ3n) is 3.14. The summed E-state index contributed by atoms with van der Waals surface area (Å²) in [5, 5.41) is 3.31. The van der Waals surface area contributed by atoms with Crippen molar-refractivity contribution in [3.05, 3.63) is 41.5 Å². The summed E-state index contributed by atoms with van der Waals surface area (Å²) in [6.07, 6.45) is 4.15. The van der Waals surface area contributed by atoms with Crippen molar-refractivity contribution in [1.29, 1.82) is 0 Å². The third-order valence-corrected chi connectivity index (χ3v) is 3.14. The van der Waals surface area contributed by atoms with Crippen molar-refractivity contribution >= 4 is 5.95 Å². The summed E-state index contributed by atoms with van der Waals surface area (Å²) in [5.74, 6) is 0.586. The van der Waals surface area contributed by atoms with E-state index in [0.29, 0.717) is 5.56 Å². The predicted octanol–water partition coefficient (Wildman–Crippen LogP) is 3.84. The van der Waals surface area contributed by atoms with Crippen molar-refractivity contribution in [3.63, 3.8) is 0 Å². The van der Waals surface area contributed by atoms with Crippen LogP contribution in [-0.2, 0) is 0 Å². The zero-order valence-electron chi connectivity index (χ0n) is 11.7. The Morgan fingerprint density at radius 1 is 1.32 bits per heavy atom. The van der Waals surface area contributed by atoms with Crippen LogP contribution in [0.5, 0.6) is 0 Å². The van der Waals surface area contributed by atoms with Gasteiger partial charge in [0.1, 0.15) is 5.82 Å². The highest BCUT2D eigenvalue weighted by atomic mass is 19.1. The van der Waals surface area contributed by atoms with Crippen LogP contribution in [0, 0.1) is 19.7 Å². The SMILES string of the molecule is CCCCNc1nc(C)cn1-c1cccc(F)c1C. The van der Waals surface area contributed by atoms with Gasteiger partial charge in [0.2, 0.25) is 5.95 Å². The largest absolute Gasteiger partial charge is 0.355 e. The molecule has 0 spiro atoms. The first-order chi connectivity index (χ1) is 9.13. The van der Waals surface area contributed by atoms with Gasteiger partial charge >= 0.3 is 0 Å². The van der Waals surface area contributed by atoms with E-state index < -0.39 is 0 Å². The number of aryl methyl sites for hydroxylation is 1. The fourth-order valence-corrected chi connectivity index (χ4v) is 2.04. The summed E-state index contributed by atoms with van der Waals surface area (Å²) >= 11 is 0. The highest BCUT2D eigenvalue weighted by Gasteiger charge is 2.11. The molecule has 0 atom stereocenters. The van der Waals surface area contributed by atoms with E-state index in [-0.39, 0.29) is 5.82 Å². The van der Waals surface area contributed by atoms with E-state index in [1.54, 1.807) is 13.0 Å². The van der Waals surface area contributed by atoms with Crippen molar-refractivity contribution in [2.45, 2.75) is 33.6 Å². The molecule has 0 radical (unpaired) electrons. The van der Waals surface area contributed by atoms with Crippen LogP contribution in [0.15, 0.2) is 24.4 Å². The van der Waals surface area contributed by atoms with Crippen molar-refractivity contribution in [2.75, 3.05) is 11.9 Å². The fourth-order valence-electron chi connectivity index (χ4n) is 2.04. The number of benzene rings is 1. The van der Waals surface area contributed by atoms with Crippen LogP contribution in [0.2, 0.25) is 0 Å². The average Bonchev–Trinajstić information content (AvgIpc) is 2.74. The molecule has 3 nitrogen and oxygen atoms in total. The third kappa shape index (κ3) is 2.95. The van der Waals surface area contributed by atoms with Gasteiger partial charge < -0.3 is 5.32 Å². The molecule has 1 aromatic carbocycles. The smallest absolute Gasteiger partial charge is 0.207 e. The Hall–Kier alpha value is -1.84. The van der Waals surface area contributed by atoms with E-state index >= 15 is 0 Å². The molecule has 0 unspecified atom stereocenters. The maximum Gasteiger partial charge on any atom is 0.207 e. The molecule has 0 saturated carbocycles. The van der Waals surface area contributed by atoms with Crippen LogP contribution in [0.1, 0.15) is 31.0 Å². The highest BCUT2D eigenvalue weighted by molar-refractivity contribution is 5.48. The minimum absolute atomic E-state index is 0.191. The normalized spacial score (nSPS) is 10.7. The zero-order valence-corrected chi connectivity index (χ0v) is 11.7. The topological polar surface area (TPSA) is 29.9 Å². The first kappa shape index (κ1) is 13.6. The second kappa shape index (κ2) is 5.87. The summed E-state index contributed by atoms with van der Waals surface area (Å²) in [6.45, 7) is 6.75. The number of hydrogen-bond donors (Lipinski definition) is 1. The molecule has 1 heterocycles. The number of hydrogen-bond acceptors (Lipinski definition) is 2. The molecule has 102 valence electrons. The van der Waals surface area contributed by atoms with Crippen molar-refractivity contribution in [1.82, 2.24) is 9.55 Å². The Kier molecular flexibility index (Phi) is 4.20. The Morgan fingerprint density at radius 3 is 2.84 bits per heavy atom. The number of nitrogens with one attached hydrogen (secondary N) is 1. The maximum absolute atomic E-state index is 13.7. The first-order valence-corrected chi connectivity index (χ1v) is 6.68. The maximum atomic E-state index is 13.7. The van der Waals surface area contributed by atoms with Crippen LogP contribution < -0.4 is 5.32 Å². The van der Waals surface area contributed by atoms with Crippen LogP contribution >= 0.6 is 0 Å². The van der Waals surface area contributed by atoms with E-state index in [1.807, 2.05) is 23.8 Å². The Labute approximate surface area is 113 Å². The van der Waals surface area contributed by atoms with E-state index in [2.05, 4.69) is 17.2 Å². The molecular weight excluding hydrogens is 241 g/mol. The number of unbranched alkanes of at least 4 members (excludes halogenated alkanes) is 1. The minimum atomic E-state index is -0.191. The number of aromatic nitrogens is 2. The molecule has 0 fully saturated rings. The zero-order chi connectivity index (χ0) is 13.8. The molecule has 1 aromatic heterocycles. The van der Waals surface area contributed by atoms with Gasteiger partial charge in [-0.15, -0.1) is 0 Å². The molecule has 0 aliphatic carbocycles. The van der Waals surface area contributed by atoms with Gasteiger partial charge in [0.25, 0.3) is 0 Å². The second-order valence-electron chi connectivity index (χ2n) is 4.74. The molecule has 2 rings (SSSR count). The molecule has 0 amide bonds. The number of anilines is 1. The quantitative estimate of drug-likeness (QED) is 0.829. The Balaban J connectivity index is 2.35.